The number of nitrogens with one attached hydrogen (secondary N) is 1. The van der Waals surface area contributed by atoms with Crippen molar-refractivity contribution >= 4 is 11.6 Å². The van der Waals surface area contributed by atoms with Gasteiger partial charge in [0.05, 0.1) is 5.69 Å². The summed E-state index contributed by atoms with van der Waals surface area (Å²) in [5, 5.41) is 6.50. The number of hydrogen-bond acceptors (Lipinski definition) is 5. The maximum atomic E-state index is 12.1. The summed E-state index contributed by atoms with van der Waals surface area (Å²) in [6, 6.07) is 7.02. The van der Waals surface area contributed by atoms with Gasteiger partial charge in [0.25, 0.3) is 11.7 Å². The number of benzene rings is 1. The molecule has 1 aliphatic carbocycles. The normalized spacial score (nSPS) is 18.1. The van der Waals surface area contributed by atoms with Crippen LogP contribution in [0.5, 0.6) is 11.5 Å². The summed E-state index contributed by atoms with van der Waals surface area (Å²) in [6.07, 6.45) is 5.26. The molecule has 0 saturated heterocycles. The highest BCUT2D eigenvalue weighted by Crippen LogP contribution is 2.46. The van der Waals surface area contributed by atoms with Crippen molar-refractivity contribution in [3.63, 3.8) is 0 Å². The molecule has 1 fully saturated rings. The van der Waals surface area contributed by atoms with E-state index in [1.807, 2.05) is 6.07 Å². The van der Waals surface area contributed by atoms with Gasteiger partial charge in [0.2, 0.25) is 5.76 Å². The standard InChI is InChI=1S/C17H18N2O4/c1-11-9-15(23-19-11)16(20)18-12-5-6-13-14(10-12)22-17(21-13)7-3-2-4-8-17/h5-6,9-10H,2-4,7-8H2,1H3,(H,18,20). The molecule has 120 valence electrons. The van der Waals surface area contributed by atoms with E-state index in [0.29, 0.717) is 17.1 Å². The molecule has 0 radical (unpaired) electrons. The third-order valence-corrected chi connectivity index (χ3v) is 4.26. The zero-order valence-electron chi connectivity index (χ0n) is 12.9. The van der Waals surface area contributed by atoms with Crippen molar-refractivity contribution in [2.45, 2.75) is 44.8 Å². The number of aryl methyl sites for hydroxylation is 1. The number of ether oxygens (including phenoxy) is 2. The molecule has 4 rings (SSSR count). The minimum atomic E-state index is -0.509. The number of carbonyl (C=O) groups is 1. The maximum absolute atomic E-state index is 12.1. The van der Waals surface area contributed by atoms with Crippen LogP contribution in [0.4, 0.5) is 5.69 Å². The Kier molecular flexibility index (Phi) is 3.25. The monoisotopic (exact) mass is 314 g/mol. The van der Waals surface area contributed by atoms with Crippen LogP contribution < -0.4 is 14.8 Å². The summed E-state index contributed by atoms with van der Waals surface area (Å²) < 4.78 is 17.0. The van der Waals surface area contributed by atoms with Gasteiger partial charge in [-0.15, -0.1) is 0 Å². The van der Waals surface area contributed by atoms with Crippen molar-refractivity contribution in [3.8, 4) is 11.5 Å². The zero-order chi connectivity index (χ0) is 15.9. The Balaban J connectivity index is 1.51. The van der Waals surface area contributed by atoms with E-state index < -0.39 is 5.79 Å². The lowest BCUT2D eigenvalue weighted by Crippen LogP contribution is -2.40. The van der Waals surface area contributed by atoms with E-state index in [-0.39, 0.29) is 11.7 Å². The van der Waals surface area contributed by atoms with Crippen LogP contribution in [0.3, 0.4) is 0 Å². The fourth-order valence-corrected chi connectivity index (χ4v) is 3.13. The van der Waals surface area contributed by atoms with E-state index in [4.69, 9.17) is 14.0 Å². The second kappa shape index (κ2) is 5.30. The largest absolute Gasteiger partial charge is 0.448 e. The summed E-state index contributed by atoms with van der Waals surface area (Å²) >= 11 is 0. The highest BCUT2D eigenvalue weighted by atomic mass is 16.7. The first kappa shape index (κ1) is 14.1. The quantitative estimate of drug-likeness (QED) is 0.915. The third-order valence-electron chi connectivity index (χ3n) is 4.26. The van der Waals surface area contributed by atoms with Gasteiger partial charge in [0.1, 0.15) is 0 Å². The Bertz CT molecular complexity index is 747. The molecule has 0 unspecified atom stereocenters. The van der Waals surface area contributed by atoms with Crippen LogP contribution in [0.25, 0.3) is 0 Å². The lowest BCUT2D eigenvalue weighted by atomic mass is 9.94. The van der Waals surface area contributed by atoms with Gasteiger partial charge in [-0.3, -0.25) is 4.79 Å². The van der Waals surface area contributed by atoms with Crippen LogP contribution in [0.15, 0.2) is 28.8 Å². The number of aromatic nitrogens is 1. The molecule has 6 nitrogen and oxygen atoms in total. The molecule has 2 aliphatic rings. The molecule has 1 spiro atoms. The van der Waals surface area contributed by atoms with Crippen molar-refractivity contribution in [2.24, 2.45) is 0 Å². The third kappa shape index (κ3) is 2.65. The van der Waals surface area contributed by atoms with E-state index in [0.717, 1.165) is 31.4 Å². The Morgan fingerprint density at radius 3 is 2.65 bits per heavy atom. The Labute approximate surface area is 133 Å². The molecule has 23 heavy (non-hydrogen) atoms. The van der Waals surface area contributed by atoms with Gasteiger partial charge in [0.15, 0.2) is 11.5 Å². The summed E-state index contributed by atoms with van der Waals surface area (Å²) in [6.45, 7) is 1.77. The van der Waals surface area contributed by atoms with Crippen LogP contribution in [-0.4, -0.2) is 16.9 Å². The zero-order valence-corrected chi connectivity index (χ0v) is 12.9. The summed E-state index contributed by atoms with van der Waals surface area (Å²) in [7, 11) is 0. The molecule has 1 N–H and O–H groups in total. The molecule has 1 aromatic heterocycles. The van der Waals surface area contributed by atoms with Crippen molar-refractivity contribution in [2.75, 3.05) is 5.32 Å². The minimum absolute atomic E-state index is 0.184. The van der Waals surface area contributed by atoms with Crippen molar-refractivity contribution in [3.05, 3.63) is 35.7 Å². The topological polar surface area (TPSA) is 73.6 Å². The fourth-order valence-electron chi connectivity index (χ4n) is 3.13. The average molecular weight is 314 g/mol. The highest BCUT2D eigenvalue weighted by Gasteiger charge is 2.42. The lowest BCUT2D eigenvalue weighted by molar-refractivity contribution is -0.105. The Morgan fingerprint density at radius 2 is 1.91 bits per heavy atom. The SMILES string of the molecule is Cc1cc(C(=O)Nc2ccc3c(c2)OC2(CCCCC2)O3)on1. The molecular weight excluding hydrogens is 296 g/mol. The molecule has 2 heterocycles. The van der Waals surface area contributed by atoms with Crippen LogP contribution in [0.1, 0.15) is 48.4 Å². The molecule has 2 aromatic rings. The molecular formula is C17H18N2O4. The molecule has 6 heteroatoms. The summed E-state index contributed by atoms with van der Waals surface area (Å²) in [5.74, 6) is 0.755. The molecule has 1 aromatic carbocycles. The highest BCUT2D eigenvalue weighted by molar-refractivity contribution is 6.02. The van der Waals surface area contributed by atoms with Gasteiger partial charge >= 0.3 is 0 Å². The van der Waals surface area contributed by atoms with Crippen molar-refractivity contribution < 1.29 is 18.8 Å². The molecule has 1 amide bonds. The molecule has 0 atom stereocenters. The van der Waals surface area contributed by atoms with Crippen LogP contribution in [0, 0.1) is 6.92 Å². The second-order valence-corrected chi connectivity index (χ2v) is 6.12. The van der Waals surface area contributed by atoms with Gasteiger partial charge in [-0.25, -0.2) is 0 Å². The summed E-state index contributed by atoms with van der Waals surface area (Å²) in [5.41, 5.74) is 1.30. The number of carbonyl (C=O) groups excluding carboxylic acids is 1. The second-order valence-electron chi connectivity index (χ2n) is 6.12. The van der Waals surface area contributed by atoms with Crippen molar-refractivity contribution in [1.82, 2.24) is 5.16 Å². The Morgan fingerprint density at radius 1 is 1.13 bits per heavy atom. The maximum Gasteiger partial charge on any atom is 0.294 e. The Hall–Kier alpha value is -2.50. The average Bonchev–Trinajstić information content (AvgIpc) is 3.11. The first-order valence-corrected chi connectivity index (χ1v) is 7.90. The molecule has 1 saturated carbocycles. The van der Waals surface area contributed by atoms with E-state index in [2.05, 4.69) is 10.5 Å². The molecule has 0 bridgehead atoms. The van der Waals surface area contributed by atoms with E-state index >= 15 is 0 Å². The molecule has 1 aliphatic heterocycles. The van der Waals surface area contributed by atoms with E-state index in [9.17, 15) is 4.79 Å². The van der Waals surface area contributed by atoms with Gasteiger partial charge in [-0.2, -0.15) is 0 Å². The van der Waals surface area contributed by atoms with Crippen molar-refractivity contribution in [1.29, 1.82) is 0 Å². The fraction of sp³-hybridized carbons (Fsp3) is 0.412. The number of rotatable bonds is 2. The number of nitrogens with zero attached hydrogens (tertiary/aromatic N) is 1. The first-order valence-electron chi connectivity index (χ1n) is 7.90. The number of amides is 1. The first-order chi connectivity index (χ1) is 11.1. The van der Waals surface area contributed by atoms with Gasteiger partial charge < -0.3 is 19.3 Å². The lowest BCUT2D eigenvalue weighted by Gasteiger charge is -2.31. The van der Waals surface area contributed by atoms with Crippen LogP contribution >= 0.6 is 0 Å². The minimum Gasteiger partial charge on any atom is -0.448 e. The van der Waals surface area contributed by atoms with Crippen LogP contribution in [0.2, 0.25) is 0 Å². The van der Waals surface area contributed by atoms with Gasteiger partial charge in [0, 0.05) is 30.7 Å². The van der Waals surface area contributed by atoms with Crippen LogP contribution in [-0.2, 0) is 0 Å². The number of fused-ring (bicyclic) bond motifs is 1. The van der Waals surface area contributed by atoms with Gasteiger partial charge in [-0.1, -0.05) is 11.6 Å². The number of hydrogen-bond donors (Lipinski definition) is 1. The predicted octanol–water partition coefficient (Wildman–Crippen LogP) is 3.67. The smallest absolute Gasteiger partial charge is 0.294 e. The summed E-state index contributed by atoms with van der Waals surface area (Å²) in [4.78, 5) is 12.1. The van der Waals surface area contributed by atoms with E-state index in [1.165, 1.54) is 6.42 Å². The van der Waals surface area contributed by atoms with Gasteiger partial charge in [-0.05, 0) is 31.9 Å². The van der Waals surface area contributed by atoms with E-state index in [1.54, 1.807) is 25.1 Å². The number of anilines is 1. The predicted molar refractivity (Wildman–Crippen MR) is 82.7 cm³/mol.